The second-order valence-electron chi connectivity index (χ2n) is 8.39. The van der Waals surface area contributed by atoms with Crippen molar-refractivity contribution in [3.05, 3.63) is 40.0 Å². The zero-order valence-electron chi connectivity index (χ0n) is 18.0. The molecule has 1 amide bonds. The number of hydrogen-bond donors (Lipinski definition) is 2. The molecule has 2 aromatic rings. The number of benzene rings is 1. The second-order valence-corrected chi connectivity index (χ2v) is 10.9. The van der Waals surface area contributed by atoms with Gasteiger partial charge in [0.05, 0.1) is 27.8 Å². The van der Waals surface area contributed by atoms with Gasteiger partial charge in [-0.15, -0.1) is 0 Å². The first-order valence-electron chi connectivity index (χ1n) is 10.6. The van der Waals surface area contributed by atoms with Crippen LogP contribution in [0, 0.1) is 17.6 Å². The van der Waals surface area contributed by atoms with Crippen LogP contribution in [0.5, 0.6) is 0 Å². The quantitative estimate of drug-likeness (QED) is 0.559. The first kappa shape index (κ1) is 24.6. The van der Waals surface area contributed by atoms with Gasteiger partial charge in [-0.25, -0.2) is 32.0 Å². The normalized spacial score (nSPS) is 18.5. The summed E-state index contributed by atoms with van der Waals surface area (Å²) in [6.07, 6.45) is -0.0874. The summed E-state index contributed by atoms with van der Waals surface area (Å²) in [7, 11) is -3.45. The molecule has 1 fully saturated rings. The van der Waals surface area contributed by atoms with E-state index in [1.807, 2.05) is 4.90 Å². The highest BCUT2D eigenvalue weighted by atomic mass is 35.5. The van der Waals surface area contributed by atoms with Gasteiger partial charge in [-0.1, -0.05) is 11.6 Å². The molecular weight excluding hydrogens is 494 g/mol. The molecule has 9 nitrogen and oxygen atoms in total. The molecule has 0 saturated carbocycles. The number of sulfone groups is 1. The van der Waals surface area contributed by atoms with Crippen molar-refractivity contribution in [2.24, 2.45) is 11.7 Å². The summed E-state index contributed by atoms with van der Waals surface area (Å²) < 4.78 is 58.4. The number of primary amides is 1. The number of aliphatic hydroxyl groups excluding tert-OH is 1. The van der Waals surface area contributed by atoms with Crippen LogP contribution in [0.1, 0.15) is 30.5 Å². The highest BCUT2D eigenvalue weighted by Crippen LogP contribution is 2.36. The van der Waals surface area contributed by atoms with E-state index in [1.165, 1.54) is 0 Å². The van der Waals surface area contributed by atoms with E-state index in [1.54, 1.807) is 0 Å². The molecule has 1 saturated heterocycles. The molecule has 4 rings (SSSR count). The van der Waals surface area contributed by atoms with Crippen LogP contribution in [0.2, 0.25) is 5.02 Å². The number of aromatic nitrogens is 2. The molecule has 34 heavy (non-hydrogen) atoms. The molecular formula is C21H23ClF2N4O5S. The van der Waals surface area contributed by atoms with E-state index in [0.29, 0.717) is 37.3 Å². The molecule has 2 aliphatic heterocycles. The number of rotatable bonds is 6. The van der Waals surface area contributed by atoms with Crippen molar-refractivity contribution in [2.75, 3.05) is 24.6 Å². The van der Waals surface area contributed by atoms with Gasteiger partial charge in [0.1, 0.15) is 23.6 Å². The summed E-state index contributed by atoms with van der Waals surface area (Å²) >= 11 is 5.65. The zero-order chi connectivity index (χ0) is 24.6. The summed E-state index contributed by atoms with van der Waals surface area (Å²) in [6, 6.07) is 1.71. The zero-order valence-corrected chi connectivity index (χ0v) is 19.6. The summed E-state index contributed by atoms with van der Waals surface area (Å²) in [5.74, 6) is -2.07. The van der Waals surface area contributed by atoms with Crippen molar-refractivity contribution >= 4 is 33.3 Å². The molecule has 0 radical (unpaired) electrons. The van der Waals surface area contributed by atoms with Crippen LogP contribution in [0.4, 0.5) is 19.4 Å². The van der Waals surface area contributed by atoms with Crippen LogP contribution in [-0.4, -0.2) is 55.4 Å². The van der Waals surface area contributed by atoms with Crippen molar-refractivity contribution in [1.29, 1.82) is 0 Å². The SMILES string of the molecule is NC(=O)OC(CCO)C1CCN(c2nc(-c3cc(F)c(Cl)cc3F)nc3c2CS(=O)(=O)C3)CC1. The number of anilines is 1. The molecule has 3 heterocycles. The van der Waals surface area contributed by atoms with Gasteiger partial charge in [-0.05, 0) is 30.9 Å². The molecule has 0 aliphatic carbocycles. The molecule has 1 aromatic carbocycles. The van der Waals surface area contributed by atoms with E-state index in [2.05, 4.69) is 9.97 Å². The number of carbonyl (C=O) groups excluding carboxylic acids is 1. The van der Waals surface area contributed by atoms with E-state index in [-0.39, 0.29) is 52.6 Å². The van der Waals surface area contributed by atoms with Crippen molar-refractivity contribution < 1.29 is 31.8 Å². The Hall–Kier alpha value is -2.57. The van der Waals surface area contributed by atoms with Crippen molar-refractivity contribution in [1.82, 2.24) is 9.97 Å². The number of nitrogens with zero attached hydrogens (tertiary/aromatic N) is 3. The maximum atomic E-state index is 14.6. The third kappa shape index (κ3) is 5.08. The van der Waals surface area contributed by atoms with Gasteiger partial charge >= 0.3 is 6.09 Å². The Bertz CT molecular complexity index is 1220. The monoisotopic (exact) mass is 516 g/mol. The van der Waals surface area contributed by atoms with Crippen LogP contribution in [0.25, 0.3) is 11.4 Å². The Morgan fingerprint density at radius 2 is 1.94 bits per heavy atom. The molecule has 1 atom stereocenters. The Labute approximate surface area is 199 Å². The van der Waals surface area contributed by atoms with Crippen LogP contribution < -0.4 is 10.6 Å². The van der Waals surface area contributed by atoms with E-state index < -0.39 is 33.7 Å². The van der Waals surface area contributed by atoms with Crippen LogP contribution in [0.15, 0.2) is 12.1 Å². The predicted molar refractivity (Wildman–Crippen MR) is 120 cm³/mol. The highest BCUT2D eigenvalue weighted by Gasteiger charge is 2.35. The summed E-state index contributed by atoms with van der Waals surface area (Å²) in [4.78, 5) is 21.8. The van der Waals surface area contributed by atoms with E-state index in [4.69, 9.17) is 22.1 Å². The molecule has 0 bridgehead atoms. The molecule has 184 valence electrons. The smallest absolute Gasteiger partial charge is 0.404 e. The number of halogens is 3. The standard InChI is InChI=1S/C21H23ClF2N4O5S/c22-14-8-15(23)12(7-16(14)24)19-26-17-10-34(31,32)9-13(17)20(27-19)28-4-1-11(2-5-28)18(3-6-29)33-21(25)30/h7-8,11,18,29H,1-6,9-10H2,(H2,25,30). The summed E-state index contributed by atoms with van der Waals surface area (Å²) in [5, 5.41) is 8.89. The fourth-order valence-electron chi connectivity index (χ4n) is 4.49. The molecule has 1 unspecified atom stereocenters. The summed E-state index contributed by atoms with van der Waals surface area (Å²) in [6.45, 7) is 0.715. The Morgan fingerprint density at radius 1 is 1.24 bits per heavy atom. The minimum atomic E-state index is -3.45. The number of ether oxygens (including phenoxy) is 1. The van der Waals surface area contributed by atoms with Gasteiger partial charge in [0.25, 0.3) is 0 Å². The van der Waals surface area contributed by atoms with Crippen molar-refractivity contribution in [3.8, 4) is 11.4 Å². The van der Waals surface area contributed by atoms with Gasteiger partial charge in [-0.2, -0.15) is 0 Å². The lowest BCUT2D eigenvalue weighted by atomic mass is 9.89. The number of amides is 1. The number of carbonyl (C=O) groups is 1. The topological polar surface area (TPSA) is 136 Å². The van der Waals surface area contributed by atoms with Gasteiger partial charge < -0.3 is 20.5 Å². The van der Waals surface area contributed by atoms with Gasteiger partial charge in [0.2, 0.25) is 0 Å². The minimum Gasteiger partial charge on any atom is -0.446 e. The van der Waals surface area contributed by atoms with Crippen LogP contribution in [0.3, 0.4) is 0 Å². The van der Waals surface area contributed by atoms with Crippen LogP contribution in [-0.2, 0) is 26.1 Å². The lowest BCUT2D eigenvalue weighted by Crippen LogP contribution is -2.41. The Kier molecular flexibility index (Phi) is 6.92. The number of hydrogen-bond acceptors (Lipinski definition) is 8. The first-order valence-corrected chi connectivity index (χ1v) is 12.8. The van der Waals surface area contributed by atoms with Crippen molar-refractivity contribution in [3.63, 3.8) is 0 Å². The average molecular weight is 517 g/mol. The number of nitrogens with two attached hydrogens (primary N) is 1. The van der Waals surface area contributed by atoms with E-state index >= 15 is 0 Å². The third-order valence-electron chi connectivity index (χ3n) is 6.09. The maximum absolute atomic E-state index is 14.6. The van der Waals surface area contributed by atoms with Gasteiger partial charge in [0, 0.05) is 31.7 Å². The van der Waals surface area contributed by atoms with Gasteiger partial charge in [0.15, 0.2) is 15.7 Å². The number of piperidine rings is 1. The maximum Gasteiger partial charge on any atom is 0.404 e. The minimum absolute atomic E-state index is 0.0585. The molecule has 3 N–H and O–H groups in total. The molecule has 0 spiro atoms. The lowest BCUT2D eigenvalue weighted by Gasteiger charge is -2.36. The second kappa shape index (κ2) is 9.59. The Morgan fingerprint density at radius 3 is 2.59 bits per heavy atom. The average Bonchev–Trinajstić information content (AvgIpc) is 3.09. The van der Waals surface area contributed by atoms with Crippen LogP contribution >= 0.6 is 11.6 Å². The first-order chi connectivity index (χ1) is 16.1. The van der Waals surface area contributed by atoms with E-state index in [0.717, 1.165) is 12.1 Å². The Balaban J connectivity index is 1.66. The highest BCUT2D eigenvalue weighted by molar-refractivity contribution is 7.90. The third-order valence-corrected chi connectivity index (χ3v) is 7.82. The number of fused-ring (bicyclic) bond motifs is 1. The summed E-state index contributed by atoms with van der Waals surface area (Å²) in [5.41, 5.74) is 5.63. The molecule has 2 aliphatic rings. The lowest BCUT2D eigenvalue weighted by molar-refractivity contribution is 0.0420. The fraction of sp³-hybridized carbons (Fsp3) is 0.476. The molecule has 13 heteroatoms. The largest absolute Gasteiger partial charge is 0.446 e. The van der Waals surface area contributed by atoms with Gasteiger partial charge in [-0.3, -0.25) is 0 Å². The number of aliphatic hydroxyl groups is 1. The fourth-order valence-corrected chi connectivity index (χ4v) is 6.13. The predicted octanol–water partition coefficient (Wildman–Crippen LogP) is 2.57. The molecule has 1 aromatic heterocycles. The van der Waals surface area contributed by atoms with E-state index in [9.17, 15) is 27.1 Å². The van der Waals surface area contributed by atoms with Crippen molar-refractivity contribution in [2.45, 2.75) is 36.9 Å².